The van der Waals surface area contributed by atoms with Crippen LogP contribution < -0.4 is 0 Å². The highest BCUT2D eigenvalue weighted by Gasteiger charge is 1.89. The smallest absolute Gasteiger partial charge is 0.124 e. The Balaban J connectivity index is 2.88. The van der Waals surface area contributed by atoms with Crippen molar-refractivity contribution in [2.75, 3.05) is 6.26 Å². The molecule has 0 aliphatic carbocycles. The first-order valence-corrected chi connectivity index (χ1v) is 4.36. The number of hydrogen-bond acceptors (Lipinski definition) is 3. The lowest BCUT2D eigenvalue weighted by Crippen LogP contribution is -1.80. The molecule has 0 amide bonds. The van der Waals surface area contributed by atoms with E-state index in [0.29, 0.717) is 0 Å². The number of rotatable bonds is 1. The van der Waals surface area contributed by atoms with Crippen LogP contribution in [0.3, 0.4) is 0 Å². The van der Waals surface area contributed by atoms with E-state index in [9.17, 15) is 0 Å². The molecule has 1 rings (SSSR count). The van der Waals surface area contributed by atoms with Crippen molar-refractivity contribution in [3.8, 4) is 0 Å². The van der Waals surface area contributed by atoms with Gasteiger partial charge in [-0.2, -0.15) is 0 Å². The first kappa shape index (κ1) is 7.02. The largest absolute Gasteiger partial charge is 0.246 e. The minimum absolute atomic E-state index is 0.778. The summed E-state index contributed by atoms with van der Waals surface area (Å²) in [7, 11) is 0. The van der Waals surface area contributed by atoms with Gasteiger partial charge < -0.3 is 0 Å². The van der Waals surface area contributed by atoms with Gasteiger partial charge in [-0.15, -0.1) is 11.8 Å². The number of halogens is 1. The number of aromatic nitrogens is 2. The summed E-state index contributed by atoms with van der Waals surface area (Å²) in [5.41, 5.74) is 0. The van der Waals surface area contributed by atoms with Crippen molar-refractivity contribution in [3.63, 3.8) is 0 Å². The van der Waals surface area contributed by atoms with E-state index < -0.39 is 0 Å². The van der Waals surface area contributed by atoms with Gasteiger partial charge in [-0.05, 0) is 22.2 Å². The topological polar surface area (TPSA) is 25.8 Å². The Kier molecular flexibility index (Phi) is 2.48. The van der Waals surface area contributed by atoms with Crippen molar-refractivity contribution in [2.45, 2.75) is 5.03 Å². The zero-order valence-corrected chi connectivity index (χ0v) is 7.24. The van der Waals surface area contributed by atoms with Crippen molar-refractivity contribution in [1.29, 1.82) is 0 Å². The molecule has 2 nitrogen and oxygen atoms in total. The summed E-state index contributed by atoms with van der Waals surface area (Å²) in [4.78, 5) is 8.03. The third kappa shape index (κ3) is 1.95. The van der Waals surface area contributed by atoms with E-state index in [4.69, 9.17) is 0 Å². The van der Waals surface area contributed by atoms with Gasteiger partial charge in [0.05, 0.1) is 12.4 Å². The Bertz CT molecular complexity index is 187. The van der Waals surface area contributed by atoms with Crippen LogP contribution in [0.4, 0.5) is 0 Å². The normalized spacial score (nSPS) is 9.56. The molecule has 0 unspecified atom stereocenters. The highest BCUT2D eigenvalue weighted by Crippen LogP contribution is 2.10. The SMILES string of the molecule is CSc1cnc(Br)cn1. The molecule has 0 aliphatic heterocycles. The quantitative estimate of drug-likeness (QED) is 0.655. The average molecular weight is 205 g/mol. The van der Waals surface area contributed by atoms with E-state index in [1.54, 1.807) is 24.2 Å². The minimum atomic E-state index is 0.778. The lowest BCUT2D eigenvalue weighted by molar-refractivity contribution is 1.04. The van der Waals surface area contributed by atoms with Crippen molar-refractivity contribution in [2.24, 2.45) is 0 Å². The van der Waals surface area contributed by atoms with Crippen molar-refractivity contribution < 1.29 is 0 Å². The Morgan fingerprint density at radius 3 is 2.67 bits per heavy atom. The molecular weight excluding hydrogens is 200 g/mol. The number of thioether (sulfide) groups is 1. The fraction of sp³-hybridized carbons (Fsp3) is 0.200. The summed E-state index contributed by atoms with van der Waals surface area (Å²) < 4.78 is 0.778. The fourth-order valence-electron chi connectivity index (χ4n) is 0.406. The second-order valence-electron chi connectivity index (χ2n) is 1.38. The molecule has 48 valence electrons. The first-order valence-electron chi connectivity index (χ1n) is 2.34. The number of hydrogen-bond donors (Lipinski definition) is 0. The Labute approximate surface area is 66.2 Å². The molecule has 9 heavy (non-hydrogen) atoms. The van der Waals surface area contributed by atoms with Gasteiger partial charge in [-0.3, -0.25) is 0 Å². The lowest BCUT2D eigenvalue weighted by atomic mass is 10.8. The molecular formula is C5H5BrN2S. The molecule has 0 N–H and O–H groups in total. The second kappa shape index (κ2) is 3.17. The van der Waals surface area contributed by atoms with Gasteiger partial charge in [0.2, 0.25) is 0 Å². The van der Waals surface area contributed by atoms with Crippen LogP contribution in [0.15, 0.2) is 22.0 Å². The summed E-state index contributed by atoms with van der Waals surface area (Å²) in [5, 5.41) is 0.943. The monoisotopic (exact) mass is 204 g/mol. The molecule has 0 bridgehead atoms. The van der Waals surface area contributed by atoms with E-state index in [1.807, 2.05) is 6.26 Å². The van der Waals surface area contributed by atoms with Gasteiger partial charge >= 0.3 is 0 Å². The lowest BCUT2D eigenvalue weighted by Gasteiger charge is -1.91. The van der Waals surface area contributed by atoms with Crippen LogP contribution in [0, 0.1) is 0 Å². The summed E-state index contributed by atoms with van der Waals surface area (Å²) in [6.07, 6.45) is 5.39. The van der Waals surface area contributed by atoms with Crippen LogP contribution in [0.25, 0.3) is 0 Å². The van der Waals surface area contributed by atoms with Crippen molar-refractivity contribution >= 4 is 27.7 Å². The summed E-state index contributed by atoms with van der Waals surface area (Å²) in [6.45, 7) is 0. The predicted octanol–water partition coefficient (Wildman–Crippen LogP) is 1.96. The van der Waals surface area contributed by atoms with E-state index in [1.165, 1.54) is 0 Å². The average Bonchev–Trinajstić information content (AvgIpc) is 1.90. The maximum absolute atomic E-state index is 4.05. The summed E-state index contributed by atoms with van der Waals surface area (Å²) in [6, 6.07) is 0. The predicted molar refractivity (Wildman–Crippen MR) is 41.5 cm³/mol. The van der Waals surface area contributed by atoms with Crippen molar-refractivity contribution in [3.05, 3.63) is 17.0 Å². The Hall–Kier alpha value is -0.0900. The van der Waals surface area contributed by atoms with E-state index in [2.05, 4.69) is 25.9 Å². The van der Waals surface area contributed by atoms with Gasteiger partial charge in [-0.1, -0.05) is 0 Å². The molecule has 0 aromatic carbocycles. The maximum Gasteiger partial charge on any atom is 0.124 e. The zero-order chi connectivity index (χ0) is 6.69. The second-order valence-corrected chi connectivity index (χ2v) is 3.02. The molecule has 0 saturated carbocycles. The Morgan fingerprint density at radius 2 is 2.22 bits per heavy atom. The third-order valence-corrected chi connectivity index (χ3v) is 1.84. The molecule has 1 aromatic rings. The standard InChI is InChI=1S/C5H5BrN2S/c1-9-5-3-7-4(6)2-8-5/h2-3H,1H3. The Morgan fingerprint density at radius 1 is 1.44 bits per heavy atom. The summed E-state index contributed by atoms with van der Waals surface area (Å²) in [5.74, 6) is 0. The molecule has 0 fully saturated rings. The van der Waals surface area contributed by atoms with Gasteiger partial charge in [-0.25, -0.2) is 9.97 Å². The van der Waals surface area contributed by atoms with Crippen LogP contribution >= 0.6 is 27.7 Å². The van der Waals surface area contributed by atoms with Crippen molar-refractivity contribution in [1.82, 2.24) is 9.97 Å². The zero-order valence-electron chi connectivity index (χ0n) is 4.84. The van der Waals surface area contributed by atoms with Gasteiger partial charge in [0, 0.05) is 0 Å². The molecule has 0 saturated heterocycles. The van der Waals surface area contributed by atoms with Crippen LogP contribution in [0.2, 0.25) is 0 Å². The molecule has 0 aliphatic rings. The molecule has 4 heteroatoms. The van der Waals surface area contributed by atoms with Crippen LogP contribution in [-0.2, 0) is 0 Å². The molecule has 0 atom stereocenters. The number of nitrogens with zero attached hydrogens (tertiary/aromatic N) is 2. The molecule has 1 aromatic heterocycles. The van der Waals surface area contributed by atoms with Crippen LogP contribution in [-0.4, -0.2) is 16.2 Å². The highest BCUT2D eigenvalue weighted by molar-refractivity contribution is 9.10. The van der Waals surface area contributed by atoms with E-state index >= 15 is 0 Å². The first-order chi connectivity index (χ1) is 4.33. The van der Waals surface area contributed by atoms with Gasteiger partial charge in [0.15, 0.2) is 0 Å². The van der Waals surface area contributed by atoms with E-state index in [-0.39, 0.29) is 0 Å². The summed E-state index contributed by atoms with van der Waals surface area (Å²) >= 11 is 4.77. The fourth-order valence-corrected chi connectivity index (χ4v) is 0.927. The third-order valence-electron chi connectivity index (χ3n) is 0.806. The highest BCUT2D eigenvalue weighted by atomic mass is 79.9. The van der Waals surface area contributed by atoms with Crippen LogP contribution in [0.1, 0.15) is 0 Å². The van der Waals surface area contributed by atoms with Gasteiger partial charge in [0.25, 0.3) is 0 Å². The maximum atomic E-state index is 4.05. The molecule has 1 heterocycles. The van der Waals surface area contributed by atoms with Crippen LogP contribution in [0.5, 0.6) is 0 Å². The minimum Gasteiger partial charge on any atom is -0.246 e. The van der Waals surface area contributed by atoms with E-state index in [0.717, 1.165) is 9.63 Å². The molecule has 0 radical (unpaired) electrons. The van der Waals surface area contributed by atoms with Gasteiger partial charge in [0.1, 0.15) is 9.63 Å². The molecule has 0 spiro atoms.